The van der Waals surface area contributed by atoms with Crippen molar-refractivity contribution in [2.75, 3.05) is 26.3 Å². The van der Waals surface area contributed by atoms with Crippen molar-refractivity contribution in [3.8, 4) is 11.5 Å². The summed E-state index contributed by atoms with van der Waals surface area (Å²) in [6.07, 6.45) is -4.12. The summed E-state index contributed by atoms with van der Waals surface area (Å²) in [5, 5.41) is 1.72. The Labute approximate surface area is 171 Å². The van der Waals surface area contributed by atoms with E-state index in [-0.39, 0.29) is 17.0 Å². The average Bonchev–Trinajstić information content (AvgIpc) is 2.71. The molecule has 1 aliphatic rings. The molecule has 30 heavy (non-hydrogen) atoms. The van der Waals surface area contributed by atoms with E-state index in [4.69, 9.17) is 9.47 Å². The van der Waals surface area contributed by atoms with Crippen LogP contribution in [0.2, 0.25) is 0 Å². The minimum atomic E-state index is -4.53. The highest BCUT2D eigenvalue weighted by atomic mass is 32.2. The SMILES string of the molecule is O=C(NCC(F)(F)F)c1ccc(S(=O)(=O)NCCc2ccc3c(c2)OCCO3)cc1. The fourth-order valence-electron chi connectivity index (χ4n) is 2.72. The molecule has 2 aromatic carbocycles. The Morgan fingerprint density at radius 3 is 2.33 bits per heavy atom. The van der Waals surface area contributed by atoms with E-state index >= 15 is 0 Å². The van der Waals surface area contributed by atoms with E-state index in [0.717, 1.165) is 29.8 Å². The van der Waals surface area contributed by atoms with E-state index in [1.165, 1.54) is 0 Å². The first kappa shape index (κ1) is 21.9. The number of fused-ring (bicyclic) bond motifs is 1. The Kier molecular flexibility index (Phi) is 6.52. The molecule has 0 fully saturated rings. The van der Waals surface area contributed by atoms with E-state index < -0.39 is 28.7 Å². The number of nitrogens with one attached hydrogen (secondary N) is 2. The van der Waals surface area contributed by atoms with Crippen LogP contribution in [-0.4, -0.2) is 46.8 Å². The number of carbonyl (C=O) groups excluding carboxylic acids is 1. The maximum atomic E-state index is 12.4. The quantitative estimate of drug-likeness (QED) is 0.684. The number of halogens is 3. The second-order valence-corrected chi connectivity index (χ2v) is 8.21. The molecule has 0 atom stereocenters. The van der Waals surface area contributed by atoms with Gasteiger partial charge in [-0.25, -0.2) is 13.1 Å². The standard InChI is InChI=1S/C19H19F3N2O5S/c20-19(21,22)12-23-18(25)14-2-4-15(5-3-14)30(26,27)24-8-7-13-1-6-16-17(11-13)29-10-9-28-16/h1-6,11,24H,7-10,12H2,(H,23,25). The molecule has 0 aliphatic carbocycles. The lowest BCUT2D eigenvalue weighted by molar-refractivity contribution is -0.123. The molecule has 0 spiro atoms. The highest BCUT2D eigenvalue weighted by Crippen LogP contribution is 2.30. The normalized spacial score (nSPS) is 13.7. The summed E-state index contributed by atoms with van der Waals surface area (Å²) in [4.78, 5) is 11.6. The molecular weight excluding hydrogens is 425 g/mol. The van der Waals surface area contributed by atoms with Crippen molar-refractivity contribution < 1.29 is 35.9 Å². The van der Waals surface area contributed by atoms with Gasteiger partial charge in [0.1, 0.15) is 19.8 Å². The molecule has 1 aliphatic heterocycles. The lowest BCUT2D eigenvalue weighted by atomic mass is 10.1. The second kappa shape index (κ2) is 8.92. The monoisotopic (exact) mass is 444 g/mol. The molecule has 11 heteroatoms. The molecular formula is C19H19F3N2O5S. The van der Waals surface area contributed by atoms with Gasteiger partial charge in [-0.2, -0.15) is 13.2 Å². The van der Waals surface area contributed by atoms with Gasteiger partial charge in [-0.15, -0.1) is 0 Å². The fourth-order valence-corrected chi connectivity index (χ4v) is 3.76. The second-order valence-electron chi connectivity index (χ2n) is 6.45. The van der Waals surface area contributed by atoms with Gasteiger partial charge < -0.3 is 14.8 Å². The number of ether oxygens (including phenoxy) is 2. The molecule has 0 saturated carbocycles. The molecule has 2 N–H and O–H groups in total. The molecule has 0 bridgehead atoms. The Hall–Kier alpha value is -2.79. The molecule has 3 rings (SSSR count). The van der Waals surface area contributed by atoms with Crippen LogP contribution in [0.3, 0.4) is 0 Å². The molecule has 0 aromatic heterocycles. The van der Waals surface area contributed by atoms with Crippen molar-refractivity contribution in [1.82, 2.24) is 10.0 Å². The molecule has 1 amide bonds. The van der Waals surface area contributed by atoms with Crippen molar-refractivity contribution >= 4 is 15.9 Å². The number of carbonyl (C=O) groups is 1. The van der Waals surface area contributed by atoms with E-state index in [1.54, 1.807) is 17.4 Å². The van der Waals surface area contributed by atoms with Crippen molar-refractivity contribution in [2.24, 2.45) is 0 Å². The van der Waals surface area contributed by atoms with Crippen LogP contribution < -0.4 is 19.5 Å². The van der Waals surface area contributed by atoms with Crippen LogP contribution in [0, 0.1) is 0 Å². The predicted molar refractivity (Wildman–Crippen MR) is 101 cm³/mol. The van der Waals surface area contributed by atoms with Crippen LogP contribution in [0.5, 0.6) is 11.5 Å². The summed E-state index contributed by atoms with van der Waals surface area (Å²) in [5.74, 6) is 0.314. The van der Waals surface area contributed by atoms with Gasteiger partial charge in [0.25, 0.3) is 5.91 Å². The molecule has 0 unspecified atom stereocenters. The number of amides is 1. The summed E-state index contributed by atoms with van der Waals surface area (Å²) in [5.41, 5.74) is 0.785. The zero-order valence-electron chi connectivity index (χ0n) is 15.7. The van der Waals surface area contributed by atoms with Crippen LogP contribution in [0.25, 0.3) is 0 Å². The van der Waals surface area contributed by atoms with E-state index in [0.29, 0.717) is 31.1 Å². The van der Waals surface area contributed by atoms with E-state index in [1.807, 2.05) is 6.07 Å². The van der Waals surface area contributed by atoms with Gasteiger partial charge in [0.15, 0.2) is 11.5 Å². The highest BCUT2D eigenvalue weighted by molar-refractivity contribution is 7.89. The van der Waals surface area contributed by atoms with E-state index in [9.17, 15) is 26.4 Å². The largest absolute Gasteiger partial charge is 0.486 e. The zero-order valence-corrected chi connectivity index (χ0v) is 16.5. The van der Waals surface area contributed by atoms with Crippen LogP contribution in [0.1, 0.15) is 15.9 Å². The molecule has 2 aromatic rings. The Morgan fingerprint density at radius 2 is 1.67 bits per heavy atom. The van der Waals surface area contributed by atoms with Crippen molar-refractivity contribution in [3.05, 3.63) is 53.6 Å². The maximum absolute atomic E-state index is 12.4. The smallest absolute Gasteiger partial charge is 0.405 e. The first-order valence-corrected chi connectivity index (χ1v) is 10.5. The number of benzene rings is 2. The summed E-state index contributed by atoms with van der Waals surface area (Å²) < 4.78 is 74.6. The third-order valence-corrected chi connectivity index (χ3v) is 5.67. The van der Waals surface area contributed by atoms with Gasteiger partial charge in [-0.3, -0.25) is 4.79 Å². The van der Waals surface area contributed by atoms with Crippen LogP contribution in [0.4, 0.5) is 13.2 Å². The minimum Gasteiger partial charge on any atom is -0.486 e. The Bertz CT molecular complexity index is 1010. The Balaban J connectivity index is 1.56. The molecule has 0 saturated heterocycles. The van der Waals surface area contributed by atoms with Crippen molar-refractivity contribution in [3.63, 3.8) is 0 Å². The number of alkyl halides is 3. The predicted octanol–water partition coefficient (Wildman–Crippen LogP) is 2.27. The fraction of sp³-hybridized carbons (Fsp3) is 0.316. The van der Waals surface area contributed by atoms with Gasteiger partial charge in [0, 0.05) is 12.1 Å². The van der Waals surface area contributed by atoms with Gasteiger partial charge in [-0.1, -0.05) is 6.07 Å². The van der Waals surface area contributed by atoms with Gasteiger partial charge in [-0.05, 0) is 48.4 Å². The van der Waals surface area contributed by atoms with Crippen molar-refractivity contribution in [2.45, 2.75) is 17.5 Å². The topological polar surface area (TPSA) is 93.7 Å². The molecule has 1 heterocycles. The number of hydrogen-bond acceptors (Lipinski definition) is 5. The van der Waals surface area contributed by atoms with Crippen molar-refractivity contribution in [1.29, 1.82) is 0 Å². The summed E-state index contributed by atoms with van der Waals surface area (Å²) >= 11 is 0. The van der Waals surface area contributed by atoms with Crippen LogP contribution in [-0.2, 0) is 16.4 Å². The Morgan fingerprint density at radius 1 is 1.00 bits per heavy atom. The molecule has 162 valence electrons. The van der Waals surface area contributed by atoms with Crippen LogP contribution in [0.15, 0.2) is 47.4 Å². The lowest BCUT2D eigenvalue weighted by Gasteiger charge is -2.18. The first-order chi connectivity index (χ1) is 14.1. The molecule has 7 nitrogen and oxygen atoms in total. The number of hydrogen-bond donors (Lipinski definition) is 2. The highest BCUT2D eigenvalue weighted by Gasteiger charge is 2.28. The number of sulfonamides is 1. The summed E-state index contributed by atoms with van der Waals surface area (Å²) in [6, 6.07) is 10.0. The first-order valence-electron chi connectivity index (χ1n) is 8.97. The van der Waals surface area contributed by atoms with Gasteiger partial charge >= 0.3 is 6.18 Å². The third kappa shape index (κ3) is 5.86. The number of rotatable bonds is 7. The average molecular weight is 444 g/mol. The van der Waals surface area contributed by atoms with Gasteiger partial charge in [0.2, 0.25) is 10.0 Å². The lowest BCUT2D eigenvalue weighted by Crippen LogP contribution is -2.33. The summed E-state index contributed by atoms with van der Waals surface area (Å²) in [6.45, 7) is -0.411. The zero-order chi connectivity index (χ0) is 21.8. The van der Waals surface area contributed by atoms with Crippen LogP contribution >= 0.6 is 0 Å². The summed E-state index contributed by atoms with van der Waals surface area (Å²) in [7, 11) is -3.84. The van der Waals surface area contributed by atoms with Gasteiger partial charge in [0.05, 0.1) is 4.90 Å². The third-order valence-electron chi connectivity index (χ3n) is 4.19. The minimum absolute atomic E-state index is 0.0746. The van der Waals surface area contributed by atoms with E-state index in [2.05, 4.69) is 4.72 Å². The molecule has 0 radical (unpaired) electrons. The maximum Gasteiger partial charge on any atom is 0.405 e.